The number of hydrogen-bond acceptors (Lipinski definition) is 3. The monoisotopic (exact) mass is 226 g/mol. The lowest BCUT2D eigenvalue weighted by Gasteiger charge is -2.09. The molecule has 6 heteroatoms. The van der Waals surface area contributed by atoms with Crippen LogP contribution in [0.1, 0.15) is 16.1 Å². The van der Waals surface area contributed by atoms with Crippen molar-refractivity contribution in [2.75, 3.05) is 0 Å². The molecule has 2 aromatic rings. The van der Waals surface area contributed by atoms with Gasteiger partial charge in [-0.25, -0.2) is 4.98 Å². The predicted octanol–water partition coefficient (Wildman–Crippen LogP) is 2.46. The summed E-state index contributed by atoms with van der Waals surface area (Å²) in [5, 5.41) is 0.401. The fraction of sp³-hybridized carbons (Fsp3) is 0.100. The number of pyridine rings is 2. The number of hydrogen-bond donors (Lipinski definition) is 0. The van der Waals surface area contributed by atoms with E-state index in [0.717, 1.165) is 6.07 Å². The molecule has 0 aliphatic heterocycles. The van der Waals surface area contributed by atoms with Gasteiger partial charge in [-0.1, -0.05) is 0 Å². The van der Waals surface area contributed by atoms with E-state index in [-0.39, 0.29) is 11.8 Å². The van der Waals surface area contributed by atoms with Gasteiger partial charge in [-0.15, -0.1) is 0 Å². The molecule has 2 aromatic heterocycles. The lowest BCUT2D eigenvalue weighted by atomic mass is 10.1. The molecule has 0 amide bonds. The number of rotatable bonds is 1. The molecule has 0 fully saturated rings. The summed E-state index contributed by atoms with van der Waals surface area (Å²) in [6, 6.07) is 2.49. The number of aldehydes is 1. The molecule has 16 heavy (non-hydrogen) atoms. The molecule has 82 valence electrons. The van der Waals surface area contributed by atoms with E-state index in [2.05, 4.69) is 9.97 Å². The van der Waals surface area contributed by atoms with Gasteiger partial charge >= 0.3 is 6.18 Å². The minimum atomic E-state index is -4.63. The second-order valence-electron chi connectivity index (χ2n) is 3.11. The molecule has 0 aliphatic carbocycles. The van der Waals surface area contributed by atoms with Crippen molar-refractivity contribution in [2.24, 2.45) is 0 Å². The van der Waals surface area contributed by atoms with Crippen LogP contribution in [0, 0.1) is 0 Å². The summed E-state index contributed by atoms with van der Waals surface area (Å²) >= 11 is 0. The van der Waals surface area contributed by atoms with Gasteiger partial charge in [0.05, 0.1) is 5.52 Å². The predicted molar refractivity (Wildman–Crippen MR) is 49.9 cm³/mol. The average Bonchev–Trinajstić information content (AvgIpc) is 2.26. The van der Waals surface area contributed by atoms with Crippen LogP contribution in [0.2, 0.25) is 0 Å². The number of carbonyl (C=O) groups is 1. The van der Waals surface area contributed by atoms with Gasteiger partial charge in [0.25, 0.3) is 0 Å². The summed E-state index contributed by atoms with van der Waals surface area (Å²) in [7, 11) is 0. The Bertz CT molecular complexity index is 551. The maximum Gasteiger partial charge on any atom is 0.434 e. The number of nitrogens with zero attached hydrogens (tertiary/aromatic N) is 2. The van der Waals surface area contributed by atoms with Crippen molar-refractivity contribution in [3.63, 3.8) is 0 Å². The highest BCUT2D eigenvalue weighted by Crippen LogP contribution is 2.31. The van der Waals surface area contributed by atoms with Crippen LogP contribution in [0.15, 0.2) is 24.5 Å². The number of halogens is 3. The molecule has 0 aromatic carbocycles. The van der Waals surface area contributed by atoms with Gasteiger partial charge in [0.2, 0.25) is 0 Å². The highest BCUT2D eigenvalue weighted by atomic mass is 19.4. The number of alkyl halides is 3. The highest BCUT2D eigenvalue weighted by molar-refractivity contribution is 5.86. The van der Waals surface area contributed by atoms with Crippen LogP contribution in [0.5, 0.6) is 0 Å². The zero-order chi connectivity index (χ0) is 11.8. The molecule has 0 saturated heterocycles. The van der Waals surface area contributed by atoms with E-state index in [1.165, 1.54) is 18.5 Å². The van der Waals surface area contributed by atoms with Crippen molar-refractivity contribution in [3.05, 3.63) is 35.8 Å². The molecule has 2 rings (SSSR count). The van der Waals surface area contributed by atoms with Crippen molar-refractivity contribution in [1.29, 1.82) is 0 Å². The lowest BCUT2D eigenvalue weighted by molar-refractivity contribution is -0.141. The minimum Gasteiger partial charge on any atom is -0.298 e. The normalized spacial score (nSPS) is 11.7. The third kappa shape index (κ3) is 1.73. The Labute approximate surface area is 87.9 Å². The summed E-state index contributed by atoms with van der Waals surface area (Å²) < 4.78 is 37.6. The summed E-state index contributed by atoms with van der Waals surface area (Å²) in [6.07, 6.45) is -1.79. The van der Waals surface area contributed by atoms with E-state index < -0.39 is 17.4 Å². The Morgan fingerprint density at radius 3 is 2.69 bits per heavy atom. The molecule has 0 unspecified atom stereocenters. The van der Waals surface area contributed by atoms with Crippen molar-refractivity contribution in [1.82, 2.24) is 9.97 Å². The molecule has 0 N–H and O–H groups in total. The first-order valence-electron chi connectivity index (χ1n) is 4.29. The van der Waals surface area contributed by atoms with Gasteiger partial charge in [-0.05, 0) is 12.1 Å². The van der Waals surface area contributed by atoms with Gasteiger partial charge < -0.3 is 0 Å². The molecule has 0 radical (unpaired) electrons. The largest absolute Gasteiger partial charge is 0.434 e. The zero-order valence-electron chi connectivity index (χ0n) is 7.82. The van der Waals surface area contributed by atoms with Crippen LogP contribution in [0.25, 0.3) is 10.9 Å². The van der Waals surface area contributed by atoms with Crippen LogP contribution < -0.4 is 0 Å². The van der Waals surface area contributed by atoms with Crippen LogP contribution in [0.3, 0.4) is 0 Å². The Morgan fingerprint density at radius 1 is 1.31 bits per heavy atom. The molecule has 3 nitrogen and oxygen atoms in total. The minimum absolute atomic E-state index is 0.141. The van der Waals surface area contributed by atoms with Gasteiger partial charge in [0.1, 0.15) is 0 Å². The Morgan fingerprint density at radius 2 is 2.06 bits per heavy atom. The van der Waals surface area contributed by atoms with Gasteiger partial charge in [0.15, 0.2) is 12.0 Å². The molecule has 2 heterocycles. The van der Waals surface area contributed by atoms with E-state index in [1.807, 2.05) is 0 Å². The summed E-state index contributed by atoms with van der Waals surface area (Å²) in [6.45, 7) is 0. The topological polar surface area (TPSA) is 42.9 Å². The quantitative estimate of drug-likeness (QED) is 0.701. The Kier molecular flexibility index (Phi) is 2.34. The fourth-order valence-corrected chi connectivity index (χ4v) is 1.35. The smallest absolute Gasteiger partial charge is 0.298 e. The third-order valence-electron chi connectivity index (χ3n) is 2.04. The Balaban J connectivity index is 2.77. The van der Waals surface area contributed by atoms with Gasteiger partial charge in [-0.3, -0.25) is 9.78 Å². The summed E-state index contributed by atoms with van der Waals surface area (Å²) in [5.74, 6) is 0. The van der Waals surface area contributed by atoms with Crippen LogP contribution in [-0.2, 0) is 6.18 Å². The maximum atomic E-state index is 12.5. The van der Waals surface area contributed by atoms with E-state index in [4.69, 9.17) is 0 Å². The zero-order valence-corrected chi connectivity index (χ0v) is 7.82. The highest BCUT2D eigenvalue weighted by Gasteiger charge is 2.35. The van der Waals surface area contributed by atoms with E-state index in [1.54, 1.807) is 0 Å². The summed E-state index contributed by atoms with van der Waals surface area (Å²) in [4.78, 5) is 17.7. The number of carbonyl (C=O) groups excluding carboxylic acids is 1. The van der Waals surface area contributed by atoms with Crippen molar-refractivity contribution in [2.45, 2.75) is 6.18 Å². The van der Waals surface area contributed by atoms with Gasteiger partial charge in [0, 0.05) is 23.3 Å². The first kappa shape index (κ1) is 10.5. The van der Waals surface area contributed by atoms with Crippen molar-refractivity contribution in [3.8, 4) is 0 Å². The summed E-state index contributed by atoms with van der Waals surface area (Å²) in [5.41, 5.74) is -1.48. The molecule has 0 spiro atoms. The van der Waals surface area contributed by atoms with E-state index in [0.29, 0.717) is 5.39 Å². The van der Waals surface area contributed by atoms with E-state index in [9.17, 15) is 18.0 Å². The second-order valence-corrected chi connectivity index (χ2v) is 3.11. The Hall–Kier alpha value is -1.98. The molecule has 0 atom stereocenters. The second kappa shape index (κ2) is 3.55. The first-order chi connectivity index (χ1) is 7.52. The number of aromatic nitrogens is 2. The average molecular weight is 226 g/mol. The third-order valence-corrected chi connectivity index (χ3v) is 2.04. The fourth-order valence-electron chi connectivity index (χ4n) is 1.35. The van der Waals surface area contributed by atoms with Crippen molar-refractivity contribution < 1.29 is 18.0 Å². The van der Waals surface area contributed by atoms with Crippen LogP contribution in [-0.4, -0.2) is 16.3 Å². The first-order valence-corrected chi connectivity index (χ1v) is 4.29. The SMILES string of the molecule is O=Cc1cc2cnccc2nc1C(F)(F)F. The lowest BCUT2D eigenvalue weighted by Crippen LogP contribution is -2.11. The standard InChI is InChI=1S/C10H5F3N2O/c11-10(12,13)9-7(5-16)3-6-4-14-2-1-8(6)15-9/h1-5H. The van der Waals surface area contributed by atoms with Crippen LogP contribution in [0.4, 0.5) is 13.2 Å². The number of fused-ring (bicyclic) bond motifs is 1. The molecule has 0 saturated carbocycles. The van der Waals surface area contributed by atoms with E-state index >= 15 is 0 Å². The van der Waals surface area contributed by atoms with Gasteiger partial charge in [-0.2, -0.15) is 13.2 Å². The molecular weight excluding hydrogens is 221 g/mol. The molecule has 0 bridgehead atoms. The van der Waals surface area contributed by atoms with Crippen molar-refractivity contribution >= 4 is 17.2 Å². The van der Waals surface area contributed by atoms with Crippen LogP contribution >= 0.6 is 0 Å². The molecular formula is C10H5F3N2O. The molecule has 0 aliphatic rings. The maximum absolute atomic E-state index is 12.5.